The first-order valence-corrected chi connectivity index (χ1v) is 5.83. The van der Waals surface area contributed by atoms with Gasteiger partial charge in [0.15, 0.2) is 5.78 Å². The van der Waals surface area contributed by atoms with E-state index in [1.807, 2.05) is 0 Å². The molecule has 0 amide bonds. The van der Waals surface area contributed by atoms with Gasteiger partial charge in [0.1, 0.15) is 11.5 Å². The van der Waals surface area contributed by atoms with Crippen LogP contribution in [0.5, 0.6) is 5.88 Å². The number of carbonyl (C=O) groups excluding carboxylic acids is 1. The highest BCUT2D eigenvalue weighted by Crippen LogP contribution is 2.17. The van der Waals surface area contributed by atoms with Crippen LogP contribution in [0.2, 0.25) is 5.02 Å². The summed E-state index contributed by atoms with van der Waals surface area (Å²) in [7, 11) is 1.45. The molecule has 1 aromatic carbocycles. The summed E-state index contributed by atoms with van der Waals surface area (Å²) in [6.07, 6.45) is -0.118. The Kier molecular flexibility index (Phi) is 4.06. The Bertz CT molecular complexity index is 602. The van der Waals surface area contributed by atoms with Crippen molar-refractivity contribution in [1.82, 2.24) is 10.2 Å². The number of Topliss-reactive ketones (excluding diaryl/α,β-unsaturated/α-hetero) is 1. The minimum Gasteiger partial charge on any atom is -0.480 e. The Morgan fingerprint density at radius 1 is 1.32 bits per heavy atom. The second-order valence-corrected chi connectivity index (χ2v) is 4.23. The first-order chi connectivity index (χ1) is 9.10. The molecule has 0 saturated carbocycles. The zero-order valence-electron chi connectivity index (χ0n) is 10.1. The number of ketones is 1. The number of rotatable bonds is 4. The SMILES string of the molecule is COc1ccc(C(=O)Cc2cc(Cl)ccc2F)nn1. The normalized spacial score (nSPS) is 10.3. The highest BCUT2D eigenvalue weighted by Gasteiger charge is 2.13. The summed E-state index contributed by atoms with van der Waals surface area (Å²) in [5.41, 5.74) is 0.385. The summed E-state index contributed by atoms with van der Waals surface area (Å²) >= 11 is 5.76. The van der Waals surface area contributed by atoms with Gasteiger partial charge in [0, 0.05) is 17.5 Å². The van der Waals surface area contributed by atoms with Gasteiger partial charge in [-0.1, -0.05) is 11.6 Å². The van der Waals surface area contributed by atoms with Crippen molar-refractivity contribution in [1.29, 1.82) is 0 Å². The van der Waals surface area contributed by atoms with E-state index in [2.05, 4.69) is 10.2 Å². The van der Waals surface area contributed by atoms with E-state index in [1.165, 1.54) is 37.4 Å². The molecule has 0 spiro atoms. The number of methoxy groups -OCH3 is 1. The quantitative estimate of drug-likeness (QED) is 0.808. The molecule has 0 bridgehead atoms. The third kappa shape index (κ3) is 3.26. The van der Waals surface area contributed by atoms with Crippen LogP contribution in [0.3, 0.4) is 0 Å². The van der Waals surface area contributed by atoms with Crippen LogP contribution < -0.4 is 4.74 Å². The second-order valence-electron chi connectivity index (χ2n) is 3.80. The van der Waals surface area contributed by atoms with Crippen molar-refractivity contribution in [3.63, 3.8) is 0 Å². The fourth-order valence-corrected chi connectivity index (χ4v) is 1.71. The smallest absolute Gasteiger partial charge is 0.233 e. The van der Waals surface area contributed by atoms with E-state index >= 15 is 0 Å². The number of ether oxygens (including phenoxy) is 1. The molecule has 0 aliphatic heterocycles. The molecule has 0 saturated heterocycles. The molecule has 0 aliphatic carbocycles. The van der Waals surface area contributed by atoms with E-state index in [4.69, 9.17) is 16.3 Å². The van der Waals surface area contributed by atoms with Crippen molar-refractivity contribution in [2.45, 2.75) is 6.42 Å². The molecular formula is C13H10ClFN2O2. The maximum atomic E-state index is 13.5. The lowest BCUT2D eigenvalue weighted by Gasteiger charge is -2.03. The van der Waals surface area contributed by atoms with Crippen LogP contribution in [0.15, 0.2) is 30.3 Å². The Morgan fingerprint density at radius 2 is 2.11 bits per heavy atom. The molecule has 0 aliphatic rings. The van der Waals surface area contributed by atoms with Crippen molar-refractivity contribution in [2.75, 3.05) is 7.11 Å². The highest BCUT2D eigenvalue weighted by atomic mass is 35.5. The van der Waals surface area contributed by atoms with Crippen LogP contribution >= 0.6 is 11.6 Å². The lowest BCUT2D eigenvalue weighted by Crippen LogP contribution is -2.08. The van der Waals surface area contributed by atoms with Gasteiger partial charge in [0.25, 0.3) is 0 Å². The zero-order valence-corrected chi connectivity index (χ0v) is 10.8. The lowest BCUT2D eigenvalue weighted by molar-refractivity contribution is 0.0986. The number of nitrogens with zero attached hydrogens (tertiary/aromatic N) is 2. The third-order valence-electron chi connectivity index (χ3n) is 2.49. The standard InChI is InChI=1S/C13H10ClFN2O2/c1-19-13-5-4-11(16-17-13)12(18)7-8-6-9(14)2-3-10(8)15/h2-6H,7H2,1H3. The van der Waals surface area contributed by atoms with Gasteiger partial charge in [0.05, 0.1) is 7.11 Å². The molecular weight excluding hydrogens is 271 g/mol. The predicted molar refractivity (Wildman–Crippen MR) is 68.0 cm³/mol. The molecule has 0 N–H and O–H groups in total. The maximum Gasteiger partial charge on any atom is 0.233 e. The van der Waals surface area contributed by atoms with Crippen LogP contribution in [0.1, 0.15) is 16.1 Å². The second kappa shape index (κ2) is 5.75. The van der Waals surface area contributed by atoms with Gasteiger partial charge in [-0.2, -0.15) is 0 Å². The van der Waals surface area contributed by atoms with E-state index in [-0.39, 0.29) is 23.5 Å². The minimum atomic E-state index is -0.473. The summed E-state index contributed by atoms with van der Waals surface area (Å²) in [4.78, 5) is 11.9. The van der Waals surface area contributed by atoms with Crippen molar-refractivity contribution >= 4 is 17.4 Å². The van der Waals surface area contributed by atoms with Gasteiger partial charge < -0.3 is 4.74 Å². The molecule has 6 heteroatoms. The van der Waals surface area contributed by atoms with Gasteiger partial charge in [-0.3, -0.25) is 4.79 Å². The van der Waals surface area contributed by atoms with Crippen molar-refractivity contribution in [3.8, 4) is 5.88 Å². The van der Waals surface area contributed by atoms with Gasteiger partial charge in [-0.25, -0.2) is 4.39 Å². The molecule has 0 radical (unpaired) electrons. The molecule has 19 heavy (non-hydrogen) atoms. The van der Waals surface area contributed by atoms with Crippen molar-refractivity contribution < 1.29 is 13.9 Å². The van der Waals surface area contributed by atoms with Crippen LogP contribution in [-0.2, 0) is 6.42 Å². The molecule has 2 rings (SSSR count). The number of hydrogen-bond acceptors (Lipinski definition) is 4. The van der Waals surface area contributed by atoms with Crippen LogP contribution in [0.25, 0.3) is 0 Å². The van der Waals surface area contributed by atoms with Crippen LogP contribution in [0, 0.1) is 5.82 Å². The lowest BCUT2D eigenvalue weighted by atomic mass is 10.1. The summed E-state index contributed by atoms with van der Waals surface area (Å²) < 4.78 is 18.3. The van der Waals surface area contributed by atoms with Gasteiger partial charge >= 0.3 is 0 Å². The molecule has 0 fully saturated rings. The summed E-state index contributed by atoms with van der Waals surface area (Å²) in [6, 6.07) is 7.08. The van der Waals surface area contributed by atoms with E-state index in [1.54, 1.807) is 0 Å². The maximum absolute atomic E-state index is 13.5. The Balaban J connectivity index is 2.18. The van der Waals surface area contributed by atoms with E-state index in [0.717, 1.165) is 0 Å². The zero-order chi connectivity index (χ0) is 13.8. The highest BCUT2D eigenvalue weighted by molar-refractivity contribution is 6.30. The molecule has 0 unspecified atom stereocenters. The van der Waals surface area contributed by atoms with Gasteiger partial charge in [0.2, 0.25) is 5.88 Å². The number of carbonyl (C=O) groups is 1. The summed E-state index contributed by atoms with van der Waals surface area (Å²) in [6.45, 7) is 0. The van der Waals surface area contributed by atoms with Crippen molar-refractivity contribution in [3.05, 3.63) is 52.4 Å². The first kappa shape index (κ1) is 13.4. The monoisotopic (exact) mass is 280 g/mol. The summed E-state index contributed by atoms with van der Waals surface area (Å²) in [5.74, 6) is -0.499. The fourth-order valence-electron chi connectivity index (χ4n) is 1.52. The van der Waals surface area contributed by atoms with Gasteiger partial charge in [-0.15, -0.1) is 10.2 Å². The average molecular weight is 281 g/mol. The number of hydrogen-bond donors (Lipinski definition) is 0. The molecule has 98 valence electrons. The molecule has 4 nitrogen and oxygen atoms in total. The molecule has 2 aromatic rings. The minimum absolute atomic E-state index is 0.118. The average Bonchev–Trinajstić information content (AvgIpc) is 2.43. The van der Waals surface area contributed by atoms with Crippen LogP contribution in [0.4, 0.5) is 4.39 Å². The Labute approximate surface area is 114 Å². The molecule has 1 heterocycles. The van der Waals surface area contributed by atoms with Crippen LogP contribution in [-0.4, -0.2) is 23.1 Å². The predicted octanol–water partition coefficient (Wildman–Crippen LogP) is 2.70. The van der Waals surface area contributed by atoms with Gasteiger partial charge in [-0.05, 0) is 29.8 Å². The number of halogens is 2. The number of aromatic nitrogens is 2. The van der Waals surface area contributed by atoms with E-state index in [0.29, 0.717) is 10.9 Å². The fraction of sp³-hybridized carbons (Fsp3) is 0.154. The Hall–Kier alpha value is -2.01. The summed E-state index contributed by atoms with van der Waals surface area (Å²) in [5, 5.41) is 7.78. The molecule has 1 aromatic heterocycles. The third-order valence-corrected chi connectivity index (χ3v) is 2.73. The Morgan fingerprint density at radius 3 is 2.74 bits per heavy atom. The van der Waals surface area contributed by atoms with E-state index < -0.39 is 5.82 Å². The largest absolute Gasteiger partial charge is 0.480 e. The first-order valence-electron chi connectivity index (χ1n) is 5.45. The molecule has 0 atom stereocenters. The topological polar surface area (TPSA) is 52.1 Å². The number of benzene rings is 1. The van der Waals surface area contributed by atoms with E-state index in [9.17, 15) is 9.18 Å². The van der Waals surface area contributed by atoms with Crippen molar-refractivity contribution in [2.24, 2.45) is 0 Å².